The van der Waals surface area contributed by atoms with Gasteiger partial charge < -0.3 is 14.0 Å². The Hall–Kier alpha value is -1.20. The number of rotatable bonds is 4. The van der Waals surface area contributed by atoms with Crippen LogP contribution in [0.2, 0.25) is 0 Å². The Morgan fingerprint density at radius 3 is 3.12 bits per heavy atom. The molecule has 1 aliphatic rings. The molecule has 1 aliphatic heterocycles. The maximum absolute atomic E-state index is 11.0. The fraction of sp³-hybridized carbons (Fsp3) is 0.636. The van der Waals surface area contributed by atoms with Crippen molar-refractivity contribution in [2.75, 3.05) is 6.61 Å². The van der Waals surface area contributed by atoms with E-state index in [1.54, 1.807) is 6.07 Å². The van der Waals surface area contributed by atoms with Gasteiger partial charge in [-0.1, -0.05) is 5.16 Å². The van der Waals surface area contributed by atoms with Gasteiger partial charge in [-0.2, -0.15) is 0 Å². The maximum Gasteiger partial charge on any atom is 0.181 e. The number of Topliss-reactive ketones (excluding diaryl/α,β-unsaturated/α-hetero) is 1. The normalized spacial score (nSPS) is 20.9. The van der Waals surface area contributed by atoms with Crippen LogP contribution in [0.4, 0.5) is 0 Å². The van der Waals surface area contributed by atoms with E-state index >= 15 is 0 Å². The largest absolute Gasteiger partial charge is 0.358 e. The smallest absolute Gasteiger partial charge is 0.181 e. The topological polar surface area (TPSA) is 61.6 Å². The summed E-state index contributed by atoms with van der Waals surface area (Å²) in [4.78, 5) is 11.0. The number of aromatic nitrogens is 1. The third-order valence-corrected chi connectivity index (χ3v) is 2.47. The average Bonchev–Trinajstić information content (AvgIpc) is 2.76. The van der Waals surface area contributed by atoms with Crippen LogP contribution in [-0.2, 0) is 16.1 Å². The van der Waals surface area contributed by atoms with Gasteiger partial charge in [0.25, 0.3) is 0 Å². The number of ether oxygens (including phenoxy) is 2. The average molecular weight is 225 g/mol. The van der Waals surface area contributed by atoms with Gasteiger partial charge in [0.1, 0.15) is 12.3 Å². The third-order valence-electron chi connectivity index (χ3n) is 2.47. The van der Waals surface area contributed by atoms with Crippen molar-refractivity contribution in [3.05, 3.63) is 17.5 Å². The molecule has 0 N–H and O–H groups in total. The van der Waals surface area contributed by atoms with E-state index in [1.807, 2.05) is 0 Å². The summed E-state index contributed by atoms with van der Waals surface area (Å²) in [6.45, 7) is 2.50. The van der Waals surface area contributed by atoms with Gasteiger partial charge in [0.05, 0.1) is 0 Å². The summed E-state index contributed by atoms with van der Waals surface area (Å²) < 4.78 is 15.9. The van der Waals surface area contributed by atoms with E-state index in [2.05, 4.69) is 5.16 Å². The van der Waals surface area contributed by atoms with E-state index in [1.165, 1.54) is 6.92 Å². The molecule has 2 rings (SSSR count). The minimum atomic E-state index is -0.153. The Morgan fingerprint density at radius 1 is 1.62 bits per heavy atom. The first kappa shape index (κ1) is 11.3. The molecule has 1 saturated heterocycles. The lowest BCUT2D eigenvalue weighted by Gasteiger charge is -2.21. The predicted molar refractivity (Wildman–Crippen MR) is 54.9 cm³/mol. The molecule has 0 amide bonds. The molecule has 0 aromatic carbocycles. The molecule has 1 atom stereocenters. The molecular weight excluding hydrogens is 210 g/mol. The molecule has 88 valence electrons. The highest BCUT2D eigenvalue weighted by Crippen LogP contribution is 2.16. The maximum atomic E-state index is 11.0. The summed E-state index contributed by atoms with van der Waals surface area (Å²) >= 11 is 0. The first-order valence-corrected chi connectivity index (χ1v) is 5.45. The molecule has 2 heterocycles. The van der Waals surface area contributed by atoms with Gasteiger partial charge in [-0.15, -0.1) is 0 Å². The highest BCUT2D eigenvalue weighted by atomic mass is 16.7. The van der Waals surface area contributed by atoms with Crippen LogP contribution < -0.4 is 0 Å². The molecule has 0 spiro atoms. The number of carbonyl (C=O) groups is 1. The van der Waals surface area contributed by atoms with E-state index in [0.29, 0.717) is 18.1 Å². The first-order valence-electron chi connectivity index (χ1n) is 5.45. The Bertz CT molecular complexity index is 355. The monoisotopic (exact) mass is 225 g/mol. The molecule has 1 aromatic heterocycles. The van der Waals surface area contributed by atoms with Crippen molar-refractivity contribution in [1.82, 2.24) is 5.16 Å². The fourth-order valence-corrected chi connectivity index (χ4v) is 1.56. The molecule has 0 radical (unpaired) electrons. The van der Waals surface area contributed by atoms with E-state index in [4.69, 9.17) is 14.0 Å². The first-order chi connectivity index (χ1) is 7.75. The van der Waals surface area contributed by atoms with Crippen molar-refractivity contribution >= 4 is 5.78 Å². The summed E-state index contributed by atoms with van der Waals surface area (Å²) in [5, 5.41) is 3.63. The Kier molecular flexibility index (Phi) is 3.69. The molecule has 0 bridgehead atoms. The van der Waals surface area contributed by atoms with Gasteiger partial charge >= 0.3 is 0 Å². The second kappa shape index (κ2) is 5.23. The third kappa shape index (κ3) is 2.90. The molecule has 5 nitrogen and oxygen atoms in total. The van der Waals surface area contributed by atoms with Crippen LogP contribution in [0.1, 0.15) is 42.4 Å². The van der Waals surface area contributed by atoms with Gasteiger partial charge in [0, 0.05) is 19.6 Å². The van der Waals surface area contributed by atoms with Crippen LogP contribution in [0.5, 0.6) is 0 Å². The number of nitrogens with zero attached hydrogens (tertiary/aromatic N) is 1. The Morgan fingerprint density at radius 2 is 2.50 bits per heavy atom. The summed E-state index contributed by atoms with van der Waals surface area (Å²) in [5.74, 6) is 0.447. The Balaban J connectivity index is 1.81. The quantitative estimate of drug-likeness (QED) is 0.732. The molecule has 0 aliphatic carbocycles. The molecule has 0 saturated carbocycles. The van der Waals surface area contributed by atoms with Crippen LogP contribution >= 0.6 is 0 Å². The van der Waals surface area contributed by atoms with Crippen LogP contribution in [0, 0.1) is 0 Å². The fourth-order valence-electron chi connectivity index (χ4n) is 1.56. The summed E-state index contributed by atoms with van der Waals surface area (Å²) in [7, 11) is 0. The van der Waals surface area contributed by atoms with Crippen molar-refractivity contribution in [3.63, 3.8) is 0 Å². The minimum absolute atomic E-state index is 0.107. The number of carbonyl (C=O) groups excluding carboxylic acids is 1. The zero-order valence-electron chi connectivity index (χ0n) is 9.27. The van der Waals surface area contributed by atoms with Gasteiger partial charge in [-0.25, -0.2) is 0 Å². The van der Waals surface area contributed by atoms with Crippen LogP contribution in [0.25, 0.3) is 0 Å². The van der Waals surface area contributed by atoms with E-state index in [-0.39, 0.29) is 12.1 Å². The second-order valence-electron chi connectivity index (χ2n) is 3.84. The minimum Gasteiger partial charge on any atom is -0.358 e. The van der Waals surface area contributed by atoms with Crippen molar-refractivity contribution in [1.29, 1.82) is 0 Å². The van der Waals surface area contributed by atoms with E-state index in [9.17, 15) is 4.79 Å². The predicted octanol–water partition coefficient (Wildman–Crippen LogP) is 1.92. The van der Waals surface area contributed by atoms with Gasteiger partial charge in [-0.05, 0) is 19.3 Å². The zero-order valence-corrected chi connectivity index (χ0v) is 9.27. The van der Waals surface area contributed by atoms with Gasteiger partial charge in [-0.3, -0.25) is 4.79 Å². The molecular formula is C11H15NO4. The SMILES string of the molecule is CC(=O)c1cc(COC2CCCCO2)on1. The number of hydrogen-bond acceptors (Lipinski definition) is 5. The standard InChI is InChI=1S/C11H15NO4/c1-8(13)10-6-9(16-12-10)7-15-11-4-2-3-5-14-11/h6,11H,2-5,7H2,1H3. The highest BCUT2D eigenvalue weighted by Gasteiger charge is 2.15. The molecule has 1 unspecified atom stereocenters. The van der Waals surface area contributed by atoms with Crippen LogP contribution in [0.15, 0.2) is 10.6 Å². The van der Waals surface area contributed by atoms with E-state index in [0.717, 1.165) is 25.9 Å². The number of hydrogen-bond donors (Lipinski definition) is 0. The lowest BCUT2D eigenvalue weighted by atomic mass is 10.2. The highest BCUT2D eigenvalue weighted by molar-refractivity contribution is 5.91. The second-order valence-corrected chi connectivity index (χ2v) is 3.84. The van der Waals surface area contributed by atoms with Crippen molar-refractivity contribution < 1.29 is 18.8 Å². The molecule has 1 aromatic rings. The number of ketones is 1. The van der Waals surface area contributed by atoms with Crippen molar-refractivity contribution in [3.8, 4) is 0 Å². The molecule has 16 heavy (non-hydrogen) atoms. The Labute approximate surface area is 93.7 Å². The van der Waals surface area contributed by atoms with Crippen molar-refractivity contribution in [2.24, 2.45) is 0 Å². The van der Waals surface area contributed by atoms with Gasteiger partial charge in [0.15, 0.2) is 17.8 Å². The van der Waals surface area contributed by atoms with E-state index < -0.39 is 0 Å². The van der Waals surface area contributed by atoms with Crippen LogP contribution in [-0.4, -0.2) is 23.8 Å². The molecule has 5 heteroatoms. The van der Waals surface area contributed by atoms with Crippen LogP contribution in [0.3, 0.4) is 0 Å². The van der Waals surface area contributed by atoms with Gasteiger partial charge in [0.2, 0.25) is 0 Å². The molecule has 1 fully saturated rings. The summed E-state index contributed by atoms with van der Waals surface area (Å²) in [6, 6.07) is 1.60. The van der Waals surface area contributed by atoms with Crippen molar-refractivity contribution in [2.45, 2.75) is 39.1 Å². The lowest BCUT2D eigenvalue weighted by molar-refractivity contribution is -0.171. The lowest BCUT2D eigenvalue weighted by Crippen LogP contribution is -2.21. The summed E-state index contributed by atoms with van der Waals surface area (Å²) in [5.41, 5.74) is 0.336. The zero-order chi connectivity index (χ0) is 11.4. The summed E-state index contributed by atoms with van der Waals surface area (Å²) in [6.07, 6.45) is 2.98.